The largest absolute Gasteiger partial charge is 0.309 e. The molecule has 1 aliphatic carbocycles. The first-order valence-electron chi connectivity index (χ1n) is 5.76. The topological polar surface area (TPSA) is 3.24 Å². The molecule has 0 aromatic rings. The first kappa shape index (κ1) is 12.3. The highest BCUT2D eigenvalue weighted by Crippen LogP contribution is 2.20. The van der Waals surface area contributed by atoms with Gasteiger partial charge in [0.15, 0.2) is 0 Å². The van der Waals surface area contributed by atoms with Crippen LogP contribution in [0.1, 0.15) is 33.1 Å². The maximum Gasteiger partial charge on any atom is -0.00218 e. The zero-order valence-electron chi connectivity index (χ0n) is 10.5. The first-order chi connectivity index (χ1) is 7.08. The molecule has 0 spiro atoms. The molecule has 0 amide bonds. The van der Waals surface area contributed by atoms with E-state index in [1.807, 2.05) is 0 Å². The van der Waals surface area contributed by atoms with Crippen LogP contribution in [0.3, 0.4) is 0 Å². The van der Waals surface area contributed by atoms with E-state index >= 15 is 0 Å². The van der Waals surface area contributed by atoms with E-state index in [1.165, 1.54) is 30.5 Å². The van der Waals surface area contributed by atoms with Gasteiger partial charge in [0.2, 0.25) is 0 Å². The van der Waals surface area contributed by atoms with Crippen LogP contribution in [0, 0.1) is 0 Å². The zero-order valence-corrected chi connectivity index (χ0v) is 10.5. The zero-order chi connectivity index (χ0) is 11.3. The van der Waals surface area contributed by atoms with Gasteiger partial charge in [0.05, 0.1) is 0 Å². The Labute approximate surface area is 94.2 Å². The fourth-order valence-electron chi connectivity index (χ4n) is 1.95. The lowest BCUT2D eigenvalue weighted by molar-refractivity contribution is 0.399. The van der Waals surface area contributed by atoms with Crippen LogP contribution in [0.2, 0.25) is 0 Å². The minimum atomic E-state index is 1.15. The quantitative estimate of drug-likeness (QED) is 0.678. The summed E-state index contributed by atoms with van der Waals surface area (Å²) in [5, 5.41) is 0. The standard InChI is InChI=1S/C14H23N/c1-12-7-8-14(11-13(2)10-12)6-5-9-15(3)4/h7-8,10H,5-6,9,11H2,1-4H3. The SMILES string of the molecule is CC1=CC=C(CCCN(C)C)CC(C)=C1. The molecule has 0 bridgehead atoms. The van der Waals surface area contributed by atoms with Gasteiger partial charge in [-0.2, -0.15) is 0 Å². The second-order valence-corrected chi connectivity index (χ2v) is 4.81. The van der Waals surface area contributed by atoms with E-state index in [0.29, 0.717) is 0 Å². The van der Waals surface area contributed by atoms with E-state index in [1.54, 1.807) is 5.57 Å². The highest BCUT2D eigenvalue weighted by atomic mass is 15.0. The molecule has 0 unspecified atom stereocenters. The molecule has 0 aromatic heterocycles. The van der Waals surface area contributed by atoms with Gasteiger partial charge >= 0.3 is 0 Å². The van der Waals surface area contributed by atoms with E-state index in [-0.39, 0.29) is 0 Å². The van der Waals surface area contributed by atoms with E-state index in [0.717, 1.165) is 6.42 Å². The van der Waals surface area contributed by atoms with Crippen LogP contribution in [0.25, 0.3) is 0 Å². The molecule has 0 heterocycles. The van der Waals surface area contributed by atoms with Crippen LogP contribution in [-0.2, 0) is 0 Å². The number of hydrogen-bond acceptors (Lipinski definition) is 1. The molecule has 0 aliphatic heterocycles. The van der Waals surface area contributed by atoms with Crippen LogP contribution in [0.4, 0.5) is 0 Å². The number of rotatable bonds is 4. The van der Waals surface area contributed by atoms with Crippen LogP contribution in [-0.4, -0.2) is 25.5 Å². The summed E-state index contributed by atoms with van der Waals surface area (Å²) in [5.41, 5.74) is 4.43. The lowest BCUT2D eigenvalue weighted by atomic mass is 10.0. The van der Waals surface area contributed by atoms with Crippen LogP contribution in [0.15, 0.2) is 34.9 Å². The summed E-state index contributed by atoms with van der Waals surface area (Å²) in [5.74, 6) is 0. The third-order valence-electron chi connectivity index (χ3n) is 2.67. The summed E-state index contributed by atoms with van der Waals surface area (Å²) in [6.07, 6.45) is 10.5. The number of nitrogens with zero attached hydrogens (tertiary/aromatic N) is 1. The summed E-state index contributed by atoms with van der Waals surface area (Å²) < 4.78 is 0. The minimum absolute atomic E-state index is 1.15. The third kappa shape index (κ3) is 4.98. The molecule has 1 nitrogen and oxygen atoms in total. The molecular formula is C14H23N. The van der Waals surface area contributed by atoms with E-state index < -0.39 is 0 Å². The monoisotopic (exact) mass is 205 g/mol. The number of hydrogen-bond donors (Lipinski definition) is 0. The fraction of sp³-hybridized carbons (Fsp3) is 0.571. The van der Waals surface area contributed by atoms with Crippen molar-refractivity contribution in [2.24, 2.45) is 0 Å². The predicted octanol–water partition coefficient (Wildman–Crippen LogP) is 3.55. The molecule has 1 rings (SSSR count). The Kier molecular flexibility index (Phi) is 4.83. The average molecular weight is 205 g/mol. The van der Waals surface area contributed by atoms with Gasteiger partial charge in [0.25, 0.3) is 0 Å². The van der Waals surface area contributed by atoms with Crippen LogP contribution < -0.4 is 0 Å². The van der Waals surface area contributed by atoms with Gasteiger partial charge < -0.3 is 4.90 Å². The lowest BCUT2D eigenvalue weighted by Gasteiger charge is -2.10. The Morgan fingerprint density at radius 2 is 1.93 bits per heavy atom. The molecule has 0 N–H and O–H groups in total. The highest BCUT2D eigenvalue weighted by Gasteiger charge is 2.02. The maximum atomic E-state index is 2.30. The smallest absolute Gasteiger partial charge is 0.00218 e. The molecule has 0 radical (unpaired) electrons. The van der Waals surface area contributed by atoms with Crippen molar-refractivity contribution in [1.29, 1.82) is 0 Å². The molecule has 0 fully saturated rings. The lowest BCUT2D eigenvalue weighted by Crippen LogP contribution is -2.12. The molecule has 1 heteroatoms. The average Bonchev–Trinajstić information content (AvgIpc) is 2.27. The Hall–Kier alpha value is -0.820. The molecule has 1 aliphatic rings. The van der Waals surface area contributed by atoms with Crippen molar-refractivity contribution in [2.45, 2.75) is 33.1 Å². The molecular weight excluding hydrogens is 182 g/mol. The number of allylic oxidation sites excluding steroid dienone is 6. The van der Waals surface area contributed by atoms with Gasteiger partial charge in [-0.25, -0.2) is 0 Å². The molecule has 0 saturated heterocycles. The maximum absolute atomic E-state index is 2.30. The summed E-state index contributed by atoms with van der Waals surface area (Å²) in [6.45, 7) is 5.58. The van der Waals surface area contributed by atoms with Crippen molar-refractivity contribution in [3.63, 3.8) is 0 Å². The van der Waals surface area contributed by atoms with Crippen molar-refractivity contribution in [3.8, 4) is 0 Å². The van der Waals surface area contributed by atoms with E-state index in [4.69, 9.17) is 0 Å². The van der Waals surface area contributed by atoms with Crippen molar-refractivity contribution in [3.05, 3.63) is 34.9 Å². The molecule has 15 heavy (non-hydrogen) atoms. The summed E-state index contributed by atoms with van der Waals surface area (Å²) in [4.78, 5) is 2.25. The molecule has 0 atom stereocenters. The third-order valence-corrected chi connectivity index (χ3v) is 2.67. The van der Waals surface area contributed by atoms with Gasteiger partial charge in [-0.1, -0.05) is 34.9 Å². The van der Waals surface area contributed by atoms with Gasteiger partial charge in [-0.3, -0.25) is 0 Å². The second kappa shape index (κ2) is 5.92. The van der Waals surface area contributed by atoms with Crippen LogP contribution in [0.5, 0.6) is 0 Å². The van der Waals surface area contributed by atoms with Crippen molar-refractivity contribution < 1.29 is 0 Å². The van der Waals surface area contributed by atoms with Gasteiger partial charge in [0, 0.05) is 0 Å². The summed E-state index contributed by atoms with van der Waals surface area (Å²) in [6, 6.07) is 0. The highest BCUT2D eigenvalue weighted by molar-refractivity contribution is 5.33. The Bertz CT molecular complexity index is 292. The van der Waals surface area contributed by atoms with Gasteiger partial charge in [0.1, 0.15) is 0 Å². The molecule has 84 valence electrons. The molecule has 0 saturated carbocycles. The summed E-state index contributed by atoms with van der Waals surface area (Å²) >= 11 is 0. The summed E-state index contributed by atoms with van der Waals surface area (Å²) in [7, 11) is 4.27. The normalized spacial score (nSPS) is 17.0. The molecule has 0 aromatic carbocycles. The van der Waals surface area contributed by atoms with Crippen LogP contribution >= 0.6 is 0 Å². The van der Waals surface area contributed by atoms with Gasteiger partial charge in [-0.05, 0) is 53.8 Å². The Morgan fingerprint density at radius 3 is 2.60 bits per heavy atom. The van der Waals surface area contributed by atoms with Crippen molar-refractivity contribution in [1.82, 2.24) is 4.90 Å². The Balaban J connectivity index is 2.46. The van der Waals surface area contributed by atoms with E-state index in [2.05, 4.69) is 51.1 Å². The van der Waals surface area contributed by atoms with E-state index in [9.17, 15) is 0 Å². The fourth-order valence-corrected chi connectivity index (χ4v) is 1.95. The van der Waals surface area contributed by atoms with Gasteiger partial charge in [-0.15, -0.1) is 0 Å². The Morgan fingerprint density at radius 1 is 1.20 bits per heavy atom. The predicted molar refractivity (Wildman–Crippen MR) is 68.0 cm³/mol. The second-order valence-electron chi connectivity index (χ2n) is 4.81. The minimum Gasteiger partial charge on any atom is -0.309 e. The van der Waals surface area contributed by atoms with Crippen molar-refractivity contribution >= 4 is 0 Å². The first-order valence-corrected chi connectivity index (χ1v) is 5.76. The van der Waals surface area contributed by atoms with Crippen molar-refractivity contribution in [2.75, 3.05) is 20.6 Å².